The minimum atomic E-state index is 0.918. The number of benzene rings is 2. The summed E-state index contributed by atoms with van der Waals surface area (Å²) in [4.78, 5) is 0. The van der Waals surface area contributed by atoms with Gasteiger partial charge in [-0.05, 0) is 27.6 Å². The van der Waals surface area contributed by atoms with Gasteiger partial charge in [0.2, 0.25) is 0 Å². The van der Waals surface area contributed by atoms with Crippen molar-refractivity contribution in [3.63, 3.8) is 0 Å². The van der Waals surface area contributed by atoms with Gasteiger partial charge in [0.05, 0.1) is 0 Å². The standard InChI is InChI=1S/C17H17BrN2/c18-16-13-20(17-9-5-4-8-15(16)17)11-10-19-12-14-6-2-1-3-7-14/h1-9,13,19H,10-12H2. The fraction of sp³-hybridized carbons (Fsp3) is 0.176. The fourth-order valence-corrected chi connectivity index (χ4v) is 3.00. The Balaban J connectivity index is 1.60. The predicted molar refractivity (Wildman–Crippen MR) is 87.8 cm³/mol. The highest BCUT2D eigenvalue weighted by Crippen LogP contribution is 2.25. The molecule has 102 valence electrons. The first-order valence-corrected chi connectivity index (χ1v) is 7.62. The summed E-state index contributed by atoms with van der Waals surface area (Å²) in [5, 5.41) is 4.76. The first-order chi connectivity index (χ1) is 9.84. The number of para-hydroxylation sites is 1. The SMILES string of the molecule is Brc1cn(CCNCc2ccccc2)c2ccccc12. The van der Waals surface area contributed by atoms with Gasteiger partial charge in [-0.3, -0.25) is 0 Å². The molecule has 0 atom stereocenters. The third-order valence-corrected chi connectivity index (χ3v) is 4.07. The summed E-state index contributed by atoms with van der Waals surface area (Å²) < 4.78 is 3.45. The molecule has 0 unspecified atom stereocenters. The van der Waals surface area contributed by atoms with E-state index < -0.39 is 0 Å². The van der Waals surface area contributed by atoms with E-state index in [-0.39, 0.29) is 0 Å². The summed E-state index contributed by atoms with van der Waals surface area (Å²) in [5.74, 6) is 0. The molecule has 1 heterocycles. The average molecular weight is 329 g/mol. The van der Waals surface area contributed by atoms with Crippen LogP contribution in [0.1, 0.15) is 5.56 Å². The third kappa shape index (κ3) is 2.94. The van der Waals surface area contributed by atoms with E-state index in [1.165, 1.54) is 16.5 Å². The molecule has 0 bridgehead atoms. The molecule has 1 N–H and O–H groups in total. The molecule has 1 aromatic heterocycles. The van der Waals surface area contributed by atoms with Gasteiger partial charge in [-0.15, -0.1) is 0 Å². The van der Waals surface area contributed by atoms with Gasteiger partial charge in [-0.1, -0.05) is 48.5 Å². The van der Waals surface area contributed by atoms with Crippen molar-refractivity contribution in [3.8, 4) is 0 Å². The molecule has 0 radical (unpaired) electrons. The van der Waals surface area contributed by atoms with Crippen molar-refractivity contribution in [2.75, 3.05) is 6.54 Å². The molecule has 3 heteroatoms. The lowest BCUT2D eigenvalue weighted by Gasteiger charge is -2.07. The number of aromatic nitrogens is 1. The predicted octanol–water partition coefficient (Wildman–Crippen LogP) is 4.19. The second kappa shape index (κ2) is 6.25. The van der Waals surface area contributed by atoms with Crippen molar-refractivity contribution in [2.24, 2.45) is 0 Å². The number of nitrogens with one attached hydrogen (secondary N) is 1. The highest BCUT2D eigenvalue weighted by atomic mass is 79.9. The first kappa shape index (κ1) is 13.4. The van der Waals surface area contributed by atoms with Crippen LogP contribution in [0.25, 0.3) is 10.9 Å². The number of rotatable bonds is 5. The summed E-state index contributed by atoms with van der Waals surface area (Å²) in [7, 11) is 0. The van der Waals surface area contributed by atoms with Crippen LogP contribution in [-0.4, -0.2) is 11.1 Å². The van der Waals surface area contributed by atoms with Gasteiger partial charge in [-0.2, -0.15) is 0 Å². The van der Waals surface area contributed by atoms with Crippen molar-refractivity contribution in [3.05, 3.63) is 70.8 Å². The molecule has 0 aliphatic heterocycles. The van der Waals surface area contributed by atoms with E-state index in [9.17, 15) is 0 Å². The van der Waals surface area contributed by atoms with Gasteiger partial charge < -0.3 is 9.88 Å². The number of hydrogen-bond acceptors (Lipinski definition) is 1. The zero-order chi connectivity index (χ0) is 13.8. The summed E-state index contributed by atoms with van der Waals surface area (Å²) in [6.45, 7) is 2.85. The quantitative estimate of drug-likeness (QED) is 0.695. The number of fused-ring (bicyclic) bond motifs is 1. The van der Waals surface area contributed by atoms with Crippen LogP contribution in [0.5, 0.6) is 0 Å². The van der Waals surface area contributed by atoms with E-state index >= 15 is 0 Å². The van der Waals surface area contributed by atoms with Crippen LogP contribution >= 0.6 is 15.9 Å². The van der Waals surface area contributed by atoms with Crippen molar-refractivity contribution in [2.45, 2.75) is 13.1 Å². The van der Waals surface area contributed by atoms with Gasteiger partial charge in [0, 0.05) is 41.2 Å². The topological polar surface area (TPSA) is 17.0 Å². The molecule has 0 aliphatic rings. The van der Waals surface area contributed by atoms with Crippen LogP contribution in [0.15, 0.2) is 65.3 Å². The van der Waals surface area contributed by atoms with E-state index in [0.29, 0.717) is 0 Å². The maximum absolute atomic E-state index is 3.62. The molecule has 2 aromatic carbocycles. The molecular weight excluding hydrogens is 312 g/mol. The Labute approximate surface area is 127 Å². The molecule has 0 aliphatic carbocycles. The van der Waals surface area contributed by atoms with Crippen LogP contribution in [0.2, 0.25) is 0 Å². The molecule has 0 fully saturated rings. The minimum absolute atomic E-state index is 0.918. The second-order valence-corrected chi connectivity index (χ2v) is 5.70. The molecule has 3 aromatic rings. The van der Waals surface area contributed by atoms with E-state index in [2.05, 4.69) is 80.5 Å². The van der Waals surface area contributed by atoms with Crippen LogP contribution < -0.4 is 5.32 Å². The van der Waals surface area contributed by atoms with E-state index in [1.54, 1.807) is 0 Å². The van der Waals surface area contributed by atoms with Gasteiger partial charge in [0.15, 0.2) is 0 Å². The lowest BCUT2D eigenvalue weighted by molar-refractivity contribution is 0.609. The second-order valence-electron chi connectivity index (χ2n) is 4.85. The minimum Gasteiger partial charge on any atom is -0.345 e. The van der Waals surface area contributed by atoms with Crippen molar-refractivity contribution >= 4 is 26.8 Å². The summed E-state index contributed by atoms with van der Waals surface area (Å²) in [5.41, 5.74) is 2.60. The van der Waals surface area contributed by atoms with Crippen LogP contribution in [0.4, 0.5) is 0 Å². The molecule has 0 saturated carbocycles. The van der Waals surface area contributed by atoms with Gasteiger partial charge in [-0.25, -0.2) is 0 Å². The summed E-state index contributed by atoms with van der Waals surface area (Å²) >= 11 is 3.62. The van der Waals surface area contributed by atoms with Gasteiger partial charge in [0.25, 0.3) is 0 Å². The Bertz CT molecular complexity index is 689. The van der Waals surface area contributed by atoms with Crippen LogP contribution in [0.3, 0.4) is 0 Å². The normalized spacial score (nSPS) is 11.1. The molecule has 3 rings (SSSR count). The smallest absolute Gasteiger partial charge is 0.0492 e. The van der Waals surface area contributed by atoms with Crippen LogP contribution in [0, 0.1) is 0 Å². The number of halogens is 1. The Morgan fingerprint density at radius 2 is 1.70 bits per heavy atom. The average Bonchev–Trinajstić information content (AvgIpc) is 2.82. The monoisotopic (exact) mass is 328 g/mol. The molecule has 0 spiro atoms. The Kier molecular flexibility index (Phi) is 4.19. The largest absolute Gasteiger partial charge is 0.345 e. The zero-order valence-corrected chi connectivity index (χ0v) is 12.8. The maximum atomic E-state index is 3.62. The Hall–Kier alpha value is -1.58. The van der Waals surface area contributed by atoms with E-state index in [1.807, 2.05) is 6.07 Å². The summed E-state index contributed by atoms with van der Waals surface area (Å²) in [6.07, 6.45) is 2.16. The van der Waals surface area contributed by atoms with Crippen LogP contribution in [-0.2, 0) is 13.1 Å². The van der Waals surface area contributed by atoms with Gasteiger partial charge in [0.1, 0.15) is 0 Å². The summed E-state index contributed by atoms with van der Waals surface area (Å²) in [6, 6.07) is 19.0. The lowest BCUT2D eigenvalue weighted by atomic mass is 10.2. The van der Waals surface area contributed by atoms with E-state index in [0.717, 1.165) is 24.1 Å². The molecular formula is C17H17BrN2. The molecule has 20 heavy (non-hydrogen) atoms. The van der Waals surface area contributed by atoms with Crippen molar-refractivity contribution < 1.29 is 0 Å². The highest BCUT2D eigenvalue weighted by Gasteiger charge is 2.04. The van der Waals surface area contributed by atoms with E-state index in [4.69, 9.17) is 0 Å². The molecule has 0 amide bonds. The lowest BCUT2D eigenvalue weighted by Crippen LogP contribution is -2.19. The highest BCUT2D eigenvalue weighted by molar-refractivity contribution is 9.10. The number of nitrogens with zero attached hydrogens (tertiary/aromatic N) is 1. The third-order valence-electron chi connectivity index (χ3n) is 3.44. The maximum Gasteiger partial charge on any atom is 0.0492 e. The molecule has 0 saturated heterocycles. The zero-order valence-electron chi connectivity index (χ0n) is 11.2. The van der Waals surface area contributed by atoms with Crippen molar-refractivity contribution in [1.29, 1.82) is 0 Å². The Morgan fingerprint density at radius 1 is 0.950 bits per heavy atom. The Morgan fingerprint density at radius 3 is 2.55 bits per heavy atom. The number of hydrogen-bond donors (Lipinski definition) is 1. The molecule has 2 nitrogen and oxygen atoms in total. The first-order valence-electron chi connectivity index (χ1n) is 6.82. The fourth-order valence-electron chi connectivity index (χ4n) is 2.42. The van der Waals surface area contributed by atoms with Gasteiger partial charge >= 0.3 is 0 Å². The van der Waals surface area contributed by atoms with Crippen molar-refractivity contribution in [1.82, 2.24) is 9.88 Å².